The highest BCUT2D eigenvalue weighted by atomic mass is 16.5. The highest BCUT2D eigenvalue weighted by Gasteiger charge is 2.12. The van der Waals surface area contributed by atoms with E-state index in [1.54, 1.807) is 18.2 Å². The largest absolute Gasteiger partial charge is 0.507 e. The van der Waals surface area contributed by atoms with Crippen LogP contribution >= 0.6 is 0 Å². The average molecular weight is 327 g/mol. The van der Waals surface area contributed by atoms with Crippen LogP contribution < -0.4 is 4.74 Å². The zero-order chi connectivity index (χ0) is 17.2. The van der Waals surface area contributed by atoms with E-state index in [2.05, 4.69) is 12.1 Å². The Kier molecular flexibility index (Phi) is 7.15. The number of phenolic OH excluding ortho intramolecular Hbond substituents is 1. The van der Waals surface area contributed by atoms with Gasteiger partial charge in [-0.1, -0.05) is 61.7 Å². The summed E-state index contributed by atoms with van der Waals surface area (Å²) in [4.78, 5) is 0. The van der Waals surface area contributed by atoms with Crippen LogP contribution in [0.4, 0.5) is 0 Å². The van der Waals surface area contributed by atoms with Gasteiger partial charge in [-0.2, -0.15) is 0 Å². The van der Waals surface area contributed by atoms with E-state index in [0.717, 1.165) is 18.4 Å². The molecule has 0 aliphatic carbocycles. The lowest BCUT2D eigenvalue weighted by Gasteiger charge is -2.10. The van der Waals surface area contributed by atoms with Crippen LogP contribution in [-0.4, -0.2) is 22.6 Å². The molecule has 0 saturated heterocycles. The number of hydrogen-bond donors (Lipinski definition) is 2. The minimum Gasteiger partial charge on any atom is -0.507 e. The molecule has 0 aliphatic heterocycles. The lowest BCUT2D eigenvalue weighted by Crippen LogP contribution is -2.06. The van der Waals surface area contributed by atoms with Gasteiger partial charge in [-0.25, -0.2) is 0 Å². The molecule has 0 aliphatic rings. The molecule has 0 saturated carbocycles. The van der Waals surface area contributed by atoms with Crippen LogP contribution in [0.15, 0.2) is 53.7 Å². The molecule has 2 rings (SSSR count). The number of aromatic hydroxyl groups is 1. The van der Waals surface area contributed by atoms with Gasteiger partial charge < -0.3 is 15.1 Å². The van der Waals surface area contributed by atoms with Gasteiger partial charge in [0.05, 0.1) is 12.3 Å². The van der Waals surface area contributed by atoms with Crippen molar-refractivity contribution in [3.63, 3.8) is 0 Å². The second kappa shape index (κ2) is 9.60. The third kappa shape index (κ3) is 5.30. The van der Waals surface area contributed by atoms with Crippen molar-refractivity contribution < 1.29 is 15.1 Å². The summed E-state index contributed by atoms with van der Waals surface area (Å²) in [5, 5.41) is 22.9. The number of hydrogen-bond acceptors (Lipinski definition) is 4. The normalized spacial score (nSPS) is 11.5. The van der Waals surface area contributed by atoms with Gasteiger partial charge in [0.1, 0.15) is 11.5 Å². The molecule has 2 aromatic rings. The second-order valence-corrected chi connectivity index (χ2v) is 5.80. The molecule has 0 unspecified atom stereocenters. The van der Waals surface area contributed by atoms with Crippen molar-refractivity contribution in [2.45, 2.75) is 39.0 Å². The molecule has 2 N–H and O–H groups in total. The Hall–Kier alpha value is -2.49. The Morgan fingerprint density at radius 2 is 1.83 bits per heavy atom. The Labute approximate surface area is 143 Å². The number of oxime groups is 1. The second-order valence-electron chi connectivity index (χ2n) is 5.80. The molecular formula is C20H25NO3. The smallest absolute Gasteiger partial charge is 0.128 e. The van der Waals surface area contributed by atoms with Crippen molar-refractivity contribution in [1.29, 1.82) is 0 Å². The molecule has 4 nitrogen and oxygen atoms in total. The van der Waals surface area contributed by atoms with E-state index in [-0.39, 0.29) is 5.75 Å². The van der Waals surface area contributed by atoms with Gasteiger partial charge in [-0.3, -0.25) is 0 Å². The van der Waals surface area contributed by atoms with Crippen LogP contribution in [0.3, 0.4) is 0 Å². The molecule has 0 radical (unpaired) electrons. The van der Waals surface area contributed by atoms with E-state index in [4.69, 9.17) is 4.74 Å². The van der Waals surface area contributed by atoms with Crippen LogP contribution in [0.1, 0.15) is 43.7 Å². The van der Waals surface area contributed by atoms with Crippen molar-refractivity contribution in [1.82, 2.24) is 0 Å². The predicted molar refractivity (Wildman–Crippen MR) is 96.2 cm³/mol. The summed E-state index contributed by atoms with van der Waals surface area (Å²) in [6.07, 6.45) is 5.01. The maximum Gasteiger partial charge on any atom is 0.128 e. The van der Waals surface area contributed by atoms with Gasteiger partial charge in [-0.15, -0.1) is 0 Å². The van der Waals surface area contributed by atoms with Crippen molar-refractivity contribution in [2.24, 2.45) is 5.16 Å². The molecule has 0 aromatic heterocycles. The lowest BCUT2D eigenvalue weighted by atomic mass is 10.0. The summed E-state index contributed by atoms with van der Waals surface area (Å²) in [6, 6.07) is 14.8. The first-order valence-corrected chi connectivity index (χ1v) is 8.45. The summed E-state index contributed by atoms with van der Waals surface area (Å²) >= 11 is 0. The van der Waals surface area contributed by atoms with Gasteiger partial charge in [0, 0.05) is 18.1 Å². The van der Waals surface area contributed by atoms with E-state index in [9.17, 15) is 10.3 Å². The van der Waals surface area contributed by atoms with E-state index >= 15 is 0 Å². The quantitative estimate of drug-likeness (QED) is 0.302. The number of nitrogens with zero attached hydrogens (tertiary/aromatic N) is 1. The molecule has 0 amide bonds. The zero-order valence-corrected chi connectivity index (χ0v) is 14.1. The summed E-state index contributed by atoms with van der Waals surface area (Å²) in [6.45, 7) is 2.82. The van der Waals surface area contributed by atoms with Crippen molar-refractivity contribution in [3.05, 3.63) is 59.7 Å². The van der Waals surface area contributed by atoms with Gasteiger partial charge in [0.25, 0.3) is 0 Å². The number of unbranched alkanes of at least 4 members (excludes halogenated alkanes) is 3. The molecule has 0 fully saturated rings. The Balaban J connectivity index is 2.00. The molecule has 24 heavy (non-hydrogen) atoms. The predicted octanol–water partition coefficient (Wildman–Crippen LogP) is 4.77. The monoisotopic (exact) mass is 327 g/mol. The number of ether oxygens (including phenoxy) is 1. The molecule has 0 atom stereocenters. The highest BCUT2D eigenvalue weighted by Crippen LogP contribution is 2.25. The SMILES string of the molecule is CCCCCCOc1ccc(/C(Cc2ccccc2)=N/O)c(O)c1. The van der Waals surface area contributed by atoms with Gasteiger partial charge in [0.2, 0.25) is 0 Å². The first-order valence-electron chi connectivity index (χ1n) is 8.45. The van der Waals surface area contributed by atoms with Crippen molar-refractivity contribution in [2.75, 3.05) is 6.61 Å². The third-order valence-electron chi connectivity index (χ3n) is 3.88. The minimum absolute atomic E-state index is 0.0600. The average Bonchev–Trinajstić information content (AvgIpc) is 2.61. The lowest BCUT2D eigenvalue weighted by molar-refractivity contribution is 0.303. The number of benzene rings is 2. The molecular weight excluding hydrogens is 302 g/mol. The van der Waals surface area contributed by atoms with Crippen molar-refractivity contribution in [3.8, 4) is 11.5 Å². The van der Waals surface area contributed by atoms with E-state index in [1.165, 1.54) is 12.8 Å². The number of phenols is 1. The summed E-state index contributed by atoms with van der Waals surface area (Å²) in [5.41, 5.74) is 1.95. The number of rotatable bonds is 9. The van der Waals surface area contributed by atoms with Crippen LogP contribution in [0.5, 0.6) is 11.5 Å². The molecule has 0 heterocycles. The fraction of sp³-hybridized carbons (Fsp3) is 0.350. The molecule has 0 bridgehead atoms. The fourth-order valence-electron chi connectivity index (χ4n) is 2.54. The van der Waals surface area contributed by atoms with Crippen LogP contribution in [0, 0.1) is 0 Å². The van der Waals surface area contributed by atoms with Gasteiger partial charge in [0.15, 0.2) is 0 Å². The third-order valence-corrected chi connectivity index (χ3v) is 3.88. The van der Waals surface area contributed by atoms with E-state index in [0.29, 0.717) is 30.1 Å². The highest BCUT2D eigenvalue weighted by molar-refractivity contribution is 6.03. The maximum absolute atomic E-state index is 10.2. The van der Waals surface area contributed by atoms with Crippen LogP contribution in [-0.2, 0) is 6.42 Å². The molecule has 4 heteroatoms. The topological polar surface area (TPSA) is 62.0 Å². The van der Waals surface area contributed by atoms with E-state index < -0.39 is 0 Å². The summed E-state index contributed by atoms with van der Waals surface area (Å²) < 4.78 is 5.66. The van der Waals surface area contributed by atoms with Crippen LogP contribution in [0.25, 0.3) is 0 Å². The van der Waals surface area contributed by atoms with Gasteiger partial charge >= 0.3 is 0 Å². The molecule has 128 valence electrons. The minimum atomic E-state index is 0.0600. The Bertz CT molecular complexity index is 653. The Morgan fingerprint density at radius 1 is 1.04 bits per heavy atom. The molecule has 2 aromatic carbocycles. The fourth-order valence-corrected chi connectivity index (χ4v) is 2.54. The van der Waals surface area contributed by atoms with Crippen molar-refractivity contribution >= 4 is 5.71 Å². The Morgan fingerprint density at radius 3 is 2.50 bits per heavy atom. The first-order chi connectivity index (χ1) is 11.7. The standard InChI is InChI=1S/C20H25NO3/c1-2-3-4-8-13-24-17-11-12-18(20(22)15-17)19(21-23)14-16-9-6-5-7-10-16/h5-7,9-12,15,22-23H,2-4,8,13-14H2,1H3/b21-19+. The van der Waals surface area contributed by atoms with Crippen LogP contribution in [0.2, 0.25) is 0 Å². The first kappa shape index (κ1) is 17.9. The van der Waals surface area contributed by atoms with E-state index in [1.807, 2.05) is 30.3 Å². The summed E-state index contributed by atoms with van der Waals surface area (Å²) in [5.74, 6) is 0.689. The maximum atomic E-state index is 10.2. The summed E-state index contributed by atoms with van der Waals surface area (Å²) in [7, 11) is 0. The zero-order valence-electron chi connectivity index (χ0n) is 14.1. The van der Waals surface area contributed by atoms with Gasteiger partial charge in [-0.05, 0) is 24.1 Å². The molecule has 0 spiro atoms.